The molecule has 0 bridgehead atoms. The minimum absolute atomic E-state index is 0.446. The summed E-state index contributed by atoms with van der Waals surface area (Å²) in [6.07, 6.45) is 4.60. The molecule has 2 heteroatoms. The number of hydrogen-bond acceptors (Lipinski definition) is 2. The van der Waals surface area contributed by atoms with E-state index < -0.39 is 0 Å². The van der Waals surface area contributed by atoms with Crippen LogP contribution in [0.3, 0.4) is 0 Å². The van der Waals surface area contributed by atoms with Gasteiger partial charge in [0.1, 0.15) is 0 Å². The number of aryl methyl sites for hydroxylation is 1. The first-order valence-electron chi connectivity index (χ1n) is 6.56. The Morgan fingerprint density at radius 1 is 1.35 bits per heavy atom. The van der Waals surface area contributed by atoms with Crippen molar-refractivity contribution >= 4 is 0 Å². The molecule has 1 aromatic carbocycles. The second kappa shape index (κ2) is 8.26. The molecule has 0 aliphatic heterocycles. The fourth-order valence-corrected chi connectivity index (χ4v) is 2.16. The van der Waals surface area contributed by atoms with E-state index >= 15 is 0 Å². The van der Waals surface area contributed by atoms with Gasteiger partial charge in [-0.2, -0.15) is 0 Å². The molecule has 1 aromatic rings. The molecule has 1 rings (SSSR count). The first-order valence-corrected chi connectivity index (χ1v) is 6.56. The molecule has 0 aliphatic rings. The quantitative estimate of drug-likeness (QED) is 0.698. The second-order valence-electron chi connectivity index (χ2n) is 4.47. The Bertz CT molecular complexity index is 312. The van der Waals surface area contributed by atoms with E-state index in [2.05, 4.69) is 36.5 Å². The van der Waals surface area contributed by atoms with Gasteiger partial charge in [0, 0.05) is 19.8 Å². The van der Waals surface area contributed by atoms with Crippen LogP contribution in [0.4, 0.5) is 0 Å². The lowest BCUT2D eigenvalue weighted by Crippen LogP contribution is -2.17. The van der Waals surface area contributed by atoms with Crippen LogP contribution in [0.25, 0.3) is 0 Å². The Balaban J connectivity index is 2.63. The number of hydrogen-bond donors (Lipinski definition) is 1. The maximum Gasteiger partial charge on any atom is 0.0462 e. The molecule has 0 saturated heterocycles. The van der Waals surface area contributed by atoms with Gasteiger partial charge >= 0.3 is 0 Å². The Morgan fingerprint density at radius 3 is 2.82 bits per heavy atom. The van der Waals surface area contributed by atoms with Crippen LogP contribution in [-0.2, 0) is 11.2 Å². The number of nitrogens with one attached hydrogen (secondary N) is 1. The second-order valence-corrected chi connectivity index (χ2v) is 4.47. The topological polar surface area (TPSA) is 21.3 Å². The average Bonchev–Trinajstić information content (AvgIpc) is 2.35. The van der Waals surface area contributed by atoms with Crippen molar-refractivity contribution in [2.45, 2.75) is 38.6 Å². The van der Waals surface area contributed by atoms with Crippen LogP contribution in [-0.4, -0.2) is 20.8 Å². The summed E-state index contributed by atoms with van der Waals surface area (Å²) in [5.74, 6) is 0. The molecule has 96 valence electrons. The summed E-state index contributed by atoms with van der Waals surface area (Å²) >= 11 is 0. The molecule has 1 atom stereocenters. The van der Waals surface area contributed by atoms with Gasteiger partial charge in [-0.3, -0.25) is 0 Å². The number of methoxy groups -OCH3 is 1. The minimum atomic E-state index is 0.446. The highest BCUT2D eigenvalue weighted by Gasteiger charge is 2.08. The molecule has 0 saturated carbocycles. The summed E-state index contributed by atoms with van der Waals surface area (Å²) in [5.41, 5.74) is 2.84. The molecule has 0 aliphatic carbocycles. The van der Waals surface area contributed by atoms with Crippen LogP contribution in [0, 0.1) is 0 Å². The van der Waals surface area contributed by atoms with E-state index in [-0.39, 0.29) is 0 Å². The molecular formula is C15H25NO. The molecule has 0 heterocycles. The van der Waals surface area contributed by atoms with Crippen molar-refractivity contribution < 1.29 is 4.74 Å². The van der Waals surface area contributed by atoms with Gasteiger partial charge in [-0.1, -0.05) is 37.6 Å². The molecule has 0 fully saturated rings. The van der Waals surface area contributed by atoms with Crippen molar-refractivity contribution in [3.8, 4) is 0 Å². The molecule has 0 amide bonds. The Morgan fingerprint density at radius 2 is 2.18 bits per heavy atom. The predicted molar refractivity (Wildman–Crippen MR) is 73.3 cm³/mol. The first-order chi connectivity index (χ1) is 8.31. The van der Waals surface area contributed by atoms with Gasteiger partial charge in [0.2, 0.25) is 0 Å². The molecule has 1 N–H and O–H groups in total. The average molecular weight is 235 g/mol. The highest BCUT2D eigenvalue weighted by molar-refractivity contribution is 5.26. The van der Waals surface area contributed by atoms with Crippen molar-refractivity contribution in [3.63, 3.8) is 0 Å². The van der Waals surface area contributed by atoms with Gasteiger partial charge < -0.3 is 10.1 Å². The van der Waals surface area contributed by atoms with E-state index in [1.54, 1.807) is 7.11 Å². The van der Waals surface area contributed by atoms with E-state index in [4.69, 9.17) is 4.74 Å². The maximum atomic E-state index is 5.11. The molecule has 17 heavy (non-hydrogen) atoms. The van der Waals surface area contributed by atoms with Gasteiger partial charge in [0.05, 0.1) is 0 Å². The summed E-state index contributed by atoms with van der Waals surface area (Å²) in [7, 11) is 3.79. The van der Waals surface area contributed by atoms with Crippen molar-refractivity contribution in [1.29, 1.82) is 0 Å². The van der Waals surface area contributed by atoms with Crippen LogP contribution < -0.4 is 5.32 Å². The lowest BCUT2D eigenvalue weighted by atomic mass is 9.99. The zero-order valence-electron chi connectivity index (χ0n) is 11.3. The lowest BCUT2D eigenvalue weighted by molar-refractivity contribution is 0.189. The van der Waals surface area contributed by atoms with Crippen LogP contribution in [0.1, 0.15) is 43.4 Å². The van der Waals surface area contributed by atoms with Gasteiger partial charge in [0.25, 0.3) is 0 Å². The normalized spacial score (nSPS) is 12.6. The fourth-order valence-electron chi connectivity index (χ4n) is 2.16. The summed E-state index contributed by atoms with van der Waals surface area (Å²) in [5, 5.41) is 3.39. The van der Waals surface area contributed by atoms with Crippen LogP contribution in [0.2, 0.25) is 0 Å². The number of rotatable bonds is 8. The van der Waals surface area contributed by atoms with Crippen molar-refractivity contribution in [2.75, 3.05) is 20.8 Å². The Kier molecular flexibility index (Phi) is 6.90. The highest BCUT2D eigenvalue weighted by atomic mass is 16.5. The highest BCUT2D eigenvalue weighted by Crippen LogP contribution is 2.19. The van der Waals surface area contributed by atoms with E-state index in [9.17, 15) is 0 Å². The molecule has 0 aromatic heterocycles. The van der Waals surface area contributed by atoms with Crippen molar-refractivity contribution in [1.82, 2.24) is 5.32 Å². The van der Waals surface area contributed by atoms with Crippen molar-refractivity contribution in [3.05, 3.63) is 35.4 Å². The summed E-state index contributed by atoms with van der Waals surface area (Å²) in [6, 6.07) is 9.38. The van der Waals surface area contributed by atoms with E-state index in [1.807, 2.05) is 7.05 Å². The third kappa shape index (κ3) is 4.88. The van der Waals surface area contributed by atoms with Crippen LogP contribution in [0.15, 0.2) is 24.3 Å². The molecule has 0 spiro atoms. The molecular weight excluding hydrogens is 210 g/mol. The zero-order chi connectivity index (χ0) is 12.5. The smallest absolute Gasteiger partial charge is 0.0462 e. The van der Waals surface area contributed by atoms with Gasteiger partial charge in [0.15, 0.2) is 0 Å². The van der Waals surface area contributed by atoms with E-state index in [1.165, 1.54) is 24.0 Å². The fraction of sp³-hybridized carbons (Fsp3) is 0.600. The van der Waals surface area contributed by atoms with Gasteiger partial charge in [-0.05, 0) is 37.4 Å². The molecule has 1 unspecified atom stereocenters. The summed E-state index contributed by atoms with van der Waals surface area (Å²) < 4.78 is 5.11. The standard InChI is InChI=1S/C15H25NO/c1-4-7-13-8-5-9-14(12-13)15(16-2)10-6-11-17-3/h5,8-9,12,15-16H,4,6-7,10-11H2,1-3H3. The summed E-state index contributed by atoms with van der Waals surface area (Å²) in [6.45, 7) is 3.06. The minimum Gasteiger partial charge on any atom is -0.385 e. The van der Waals surface area contributed by atoms with Crippen molar-refractivity contribution in [2.24, 2.45) is 0 Å². The van der Waals surface area contributed by atoms with Gasteiger partial charge in [-0.25, -0.2) is 0 Å². The number of ether oxygens (including phenoxy) is 1. The van der Waals surface area contributed by atoms with Crippen LogP contribution >= 0.6 is 0 Å². The Hall–Kier alpha value is -0.860. The predicted octanol–water partition coefficient (Wildman–Crippen LogP) is 3.33. The monoisotopic (exact) mass is 235 g/mol. The molecule has 2 nitrogen and oxygen atoms in total. The van der Waals surface area contributed by atoms with E-state index in [0.717, 1.165) is 19.4 Å². The zero-order valence-corrected chi connectivity index (χ0v) is 11.3. The maximum absolute atomic E-state index is 5.11. The third-order valence-electron chi connectivity index (χ3n) is 3.08. The molecule has 0 radical (unpaired) electrons. The first kappa shape index (κ1) is 14.2. The Labute approximate surface area is 105 Å². The lowest BCUT2D eigenvalue weighted by Gasteiger charge is -2.17. The van der Waals surface area contributed by atoms with Gasteiger partial charge in [-0.15, -0.1) is 0 Å². The third-order valence-corrected chi connectivity index (χ3v) is 3.08. The van der Waals surface area contributed by atoms with E-state index in [0.29, 0.717) is 6.04 Å². The largest absolute Gasteiger partial charge is 0.385 e. The van der Waals surface area contributed by atoms with Crippen LogP contribution in [0.5, 0.6) is 0 Å². The number of benzene rings is 1. The SMILES string of the molecule is CCCc1cccc(C(CCCOC)NC)c1. The summed E-state index contributed by atoms with van der Waals surface area (Å²) in [4.78, 5) is 0.